The maximum Gasteiger partial charge on any atom is 0.295 e. The minimum Gasteiger partial charge on any atom is -0.507 e. The number of rotatable bonds is 6. The molecule has 1 atom stereocenters. The summed E-state index contributed by atoms with van der Waals surface area (Å²) >= 11 is 0. The van der Waals surface area contributed by atoms with Gasteiger partial charge in [0.15, 0.2) is 11.6 Å². The van der Waals surface area contributed by atoms with Crippen molar-refractivity contribution in [3.05, 3.63) is 70.8 Å². The van der Waals surface area contributed by atoms with E-state index in [0.29, 0.717) is 12.1 Å². The molecule has 1 amide bonds. The van der Waals surface area contributed by atoms with Crippen molar-refractivity contribution in [2.75, 3.05) is 34.3 Å². The van der Waals surface area contributed by atoms with Crippen molar-refractivity contribution < 1.29 is 28.2 Å². The van der Waals surface area contributed by atoms with Crippen LogP contribution in [0.1, 0.15) is 17.2 Å². The summed E-state index contributed by atoms with van der Waals surface area (Å²) in [6.45, 7) is 0.641. The Labute approximate surface area is 173 Å². The Kier molecular flexibility index (Phi) is 6.17. The van der Waals surface area contributed by atoms with E-state index in [-0.39, 0.29) is 23.4 Å². The van der Waals surface area contributed by atoms with E-state index in [1.54, 1.807) is 6.07 Å². The molecular weight excluding hydrogens is 394 g/mol. The van der Waals surface area contributed by atoms with Gasteiger partial charge in [0.05, 0.1) is 18.7 Å². The highest BCUT2D eigenvalue weighted by atomic mass is 19.1. The third-order valence-corrected chi connectivity index (χ3v) is 4.92. The van der Waals surface area contributed by atoms with Gasteiger partial charge in [0.2, 0.25) is 0 Å². The van der Waals surface area contributed by atoms with Crippen LogP contribution in [-0.2, 0) is 9.59 Å². The van der Waals surface area contributed by atoms with E-state index in [1.165, 1.54) is 42.3 Å². The van der Waals surface area contributed by atoms with E-state index in [1.807, 2.05) is 19.0 Å². The average molecular weight is 416 g/mol. The molecule has 1 aliphatic rings. The molecule has 0 radical (unpaired) electrons. The summed E-state index contributed by atoms with van der Waals surface area (Å²) in [5, 5.41) is 10.9. The highest BCUT2D eigenvalue weighted by Gasteiger charge is 2.46. The van der Waals surface area contributed by atoms with Crippen LogP contribution in [0.15, 0.2) is 48.0 Å². The molecule has 0 aromatic heterocycles. The second-order valence-electron chi connectivity index (χ2n) is 7.20. The minimum atomic E-state index is -0.995. The van der Waals surface area contributed by atoms with Crippen molar-refractivity contribution in [2.45, 2.75) is 6.04 Å². The predicted octanol–water partition coefficient (Wildman–Crippen LogP) is 2.96. The van der Waals surface area contributed by atoms with Crippen LogP contribution in [0, 0.1) is 11.6 Å². The van der Waals surface area contributed by atoms with E-state index in [4.69, 9.17) is 4.74 Å². The van der Waals surface area contributed by atoms with Crippen molar-refractivity contribution in [3.8, 4) is 5.75 Å². The van der Waals surface area contributed by atoms with Crippen molar-refractivity contribution in [1.29, 1.82) is 0 Å². The summed E-state index contributed by atoms with van der Waals surface area (Å²) in [5.74, 6) is -3.54. The summed E-state index contributed by atoms with van der Waals surface area (Å²) < 4.78 is 32.9. The Hall–Kier alpha value is -3.26. The van der Waals surface area contributed by atoms with Gasteiger partial charge in [-0.1, -0.05) is 12.1 Å². The van der Waals surface area contributed by atoms with Crippen molar-refractivity contribution in [3.63, 3.8) is 0 Å². The molecule has 0 saturated carbocycles. The van der Waals surface area contributed by atoms with E-state index in [9.17, 15) is 23.5 Å². The van der Waals surface area contributed by atoms with Crippen molar-refractivity contribution in [2.24, 2.45) is 0 Å². The Bertz CT molecular complexity index is 1020. The molecule has 1 saturated heterocycles. The lowest BCUT2D eigenvalue weighted by Crippen LogP contribution is -2.35. The second kappa shape index (κ2) is 8.62. The quantitative estimate of drug-likeness (QED) is 0.446. The molecule has 0 aliphatic carbocycles. The monoisotopic (exact) mass is 416 g/mol. The molecule has 2 aromatic carbocycles. The smallest absolute Gasteiger partial charge is 0.295 e. The van der Waals surface area contributed by atoms with Crippen LogP contribution < -0.4 is 4.74 Å². The van der Waals surface area contributed by atoms with E-state index in [0.717, 1.165) is 6.07 Å². The summed E-state index contributed by atoms with van der Waals surface area (Å²) in [6.07, 6.45) is 0. The largest absolute Gasteiger partial charge is 0.507 e. The number of methoxy groups -OCH3 is 1. The van der Waals surface area contributed by atoms with Gasteiger partial charge >= 0.3 is 0 Å². The molecule has 1 N–H and O–H groups in total. The van der Waals surface area contributed by atoms with Crippen LogP contribution in [0.25, 0.3) is 5.76 Å². The number of Topliss-reactive ketones (excluding diaryl/α,β-unsaturated/α-hetero) is 1. The molecular formula is C22H22F2N2O4. The molecule has 6 nitrogen and oxygen atoms in total. The average Bonchev–Trinajstić information content (AvgIpc) is 2.96. The summed E-state index contributed by atoms with van der Waals surface area (Å²) in [6, 6.07) is 8.20. The van der Waals surface area contributed by atoms with Crippen LogP contribution in [0.2, 0.25) is 0 Å². The first-order valence-electron chi connectivity index (χ1n) is 9.27. The fraction of sp³-hybridized carbons (Fsp3) is 0.273. The van der Waals surface area contributed by atoms with E-state index < -0.39 is 35.1 Å². The highest BCUT2D eigenvalue weighted by Crippen LogP contribution is 2.39. The number of hydrogen-bond donors (Lipinski definition) is 1. The first-order chi connectivity index (χ1) is 14.2. The van der Waals surface area contributed by atoms with Gasteiger partial charge in [0, 0.05) is 18.7 Å². The van der Waals surface area contributed by atoms with E-state index in [2.05, 4.69) is 0 Å². The number of likely N-dealkylation sites (N-methyl/N-ethyl adjacent to an activating group) is 1. The number of halogens is 2. The van der Waals surface area contributed by atoms with Crippen molar-refractivity contribution >= 4 is 17.4 Å². The molecule has 8 heteroatoms. The van der Waals surface area contributed by atoms with Gasteiger partial charge in [-0.25, -0.2) is 8.78 Å². The third-order valence-electron chi connectivity index (χ3n) is 4.92. The normalized spacial score (nSPS) is 18.3. The number of amides is 1. The van der Waals surface area contributed by atoms with Crippen LogP contribution in [0.4, 0.5) is 8.78 Å². The second-order valence-corrected chi connectivity index (χ2v) is 7.20. The standard InChI is InChI=1S/C22H22F2N2O4/c1-25(2)9-10-26-19(13-5-4-6-15(23)11-13)18(21(28)22(26)29)20(27)14-7-8-17(30-3)16(24)12-14/h4-8,11-12,19,27H,9-10H2,1-3H3/t19-/m0/s1. The van der Waals surface area contributed by atoms with Gasteiger partial charge in [-0.2, -0.15) is 0 Å². The molecule has 1 heterocycles. The maximum absolute atomic E-state index is 14.2. The number of aliphatic hydroxyl groups excluding tert-OH is 1. The summed E-state index contributed by atoms with van der Waals surface area (Å²) in [7, 11) is 4.93. The molecule has 0 bridgehead atoms. The SMILES string of the molecule is COc1ccc(C(O)=C2C(=O)C(=O)N(CCN(C)C)[C@H]2c2cccc(F)c2)cc1F. The highest BCUT2D eigenvalue weighted by molar-refractivity contribution is 6.46. The van der Waals surface area contributed by atoms with Crippen LogP contribution in [0.3, 0.4) is 0 Å². The third kappa shape index (κ3) is 4.04. The number of benzene rings is 2. The van der Waals surface area contributed by atoms with Crippen LogP contribution >= 0.6 is 0 Å². The predicted molar refractivity (Wildman–Crippen MR) is 107 cm³/mol. The number of nitrogens with zero attached hydrogens (tertiary/aromatic N) is 2. The van der Waals surface area contributed by atoms with Gasteiger partial charge in [0.25, 0.3) is 11.7 Å². The molecule has 0 spiro atoms. The Balaban J connectivity index is 2.16. The summed E-state index contributed by atoms with van der Waals surface area (Å²) in [4.78, 5) is 28.7. The lowest BCUT2D eigenvalue weighted by Gasteiger charge is -2.26. The maximum atomic E-state index is 14.2. The van der Waals surface area contributed by atoms with E-state index >= 15 is 0 Å². The topological polar surface area (TPSA) is 70.1 Å². The molecule has 1 aliphatic heterocycles. The zero-order valence-corrected chi connectivity index (χ0v) is 16.9. The van der Waals surface area contributed by atoms with Gasteiger partial charge in [-0.15, -0.1) is 0 Å². The number of likely N-dealkylation sites (tertiary alicyclic amines) is 1. The number of hydrogen-bond acceptors (Lipinski definition) is 5. The fourth-order valence-electron chi connectivity index (χ4n) is 3.41. The molecule has 158 valence electrons. The number of ketones is 1. The molecule has 1 fully saturated rings. The number of ether oxygens (including phenoxy) is 1. The van der Waals surface area contributed by atoms with Gasteiger partial charge in [-0.3, -0.25) is 9.59 Å². The number of carbonyl (C=O) groups excluding carboxylic acids is 2. The van der Waals surface area contributed by atoms with Gasteiger partial charge in [0.1, 0.15) is 11.6 Å². The Morgan fingerprint density at radius 3 is 2.50 bits per heavy atom. The number of aliphatic hydroxyl groups is 1. The molecule has 0 unspecified atom stereocenters. The first kappa shape index (κ1) is 21.4. The number of carbonyl (C=O) groups is 2. The van der Waals surface area contributed by atoms with Gasteiger partial charge in [-0.05, 0) is 50.0 Å². The van der Waals surface area contributed by atoms with Crippen LogP contribution in [0.5, 0.6) is 5.75 Å². The zero-order chi connectivity index (χ0) is 22.0. The van der Waals surface area contributed by atoms with Crippen molar-refractivity contribution in [1.82, 2.24) is 9.80 Å². The molecule has 30 heavy (non-hydrogen) atoms. The zero-order valence-electron chi connectivity index (χ0n) is 16.9. The molecule has 3 rings (SSSR count). The lowest BCUT2D eigenvalue weighted by molar-refractivity contribution is -0.140. The molecule has 2 aromatic rings. The van der Waals surface area contributed by atoms with Crippen LogP contribution in [-0.4, -0.2) is 60.9 Å². The lowest BCUT2D eigenvalue weighted by atomic mass is 9.95. The van der Waals surface area contributed by atoms with Gasteiger partial charge < -0.3 is 19.6 Å². The fourth-order valence-corrected chi connectivity index (χ4v) is 3.41. The summed E-state index contributed by atoms with van der Waals surface area (Å²) in [5.41, 5.74) is 0.137. The first-order valence-corrected chi connectivity index (χ1v) is 9.27. The Morgan fingerprint density at radius 2 is 1.90 bits per heavy atom. The minimum absolute atomic E-state index is 0.0142. The Morgan fingerprint density at radius 1 is 1.17 bits per heavy atom.